The quantitative estimate of drug-likeness (QED) is 0.446. The first-order valence-corrected chi connectivity index (χ1v) is 13.2. The van der Waals surface area contributed by atoms with Crippen molar-refractivity contribution < 1.29 is 14.0 Å². The number of thioether (sulfide) groups is 1. The van der Waals surface area contributed by atoms with Crippen LogP contribution in [0.4, 0.5) is 10.1 Å². The van der Waals surface area contributed by atoms with Gasteiger partial charge >= 0.3 is 0 Å². The minimum absolute atomic E-state index is 0.0645. The second-order valence-corrected chi connectivity index (χ2v) is 10.3. The summed E-state index contributed by atoms with van der Waals surface area (Å²) in [6.45, 7) is 3.78. The van der Waals surface area contributed by atoms with Gasteiger partial charge in [0.1, 0.15) is 11.1 Å². The van der Waals surface area contributed by atoms with Crippen molar-refractivity contribution in [3.8, 4) is 0 Å². The molecular formula is C29H27FN4O2S. The molecule has 3 aromatic rings. The Morgan fingerprint density at radius 2 is 1.86 bits per heavy atom. The first-order valence-electron chi connectivity index (χ1n) is 12.3. The van der Waals surface area contributed by atoms with E-state index in [-0.39, 0.29) is 24.3 Å². The van der Waals surface area contributed by atoms with Gasteiger partial charge in [-0.25, -0.2) is 9.40 Å². The van der Waals surface area contributed by atoms with Crippen molar-refractivity contribution in [2.45, 2.75) is 44.4 Å². The Morgan fingerprint density at radius 1 is 1.11 bits per heavy atom. The Balaban J connectivity index is 1.34. The fraction of sp³-hybridized carbons (Fsp3) is 0.241. The van der Waals surface area contributed by atoms with Crippen molar-refractivity contribution in [2.24, 2.45) is 10.1 Å². The maximum absolute atomic E-state index is 13.8. The molecule has 0 aliphatic carbocycles. The third-order valence-corrected chi connectivity index (χ3v) is 7.68. The number of amides is 2. The van der Waals surface area contributed by atoms with Gasteiger partial charge < -0.3 is 5.32 Å². The van der Waals surface area contributed by atoms with Crippen LogP contribution < -0.4 is 5.32 Å². The van der Waals surface area contributed by atoms with Crippen LogP contribution in [0.3, 0.4) is 0 Å². The highest BCUT2D eigenvalue weighted by Gasteiger charge is 2.39. The molecule has 2 aliphatic heterocycles. The topological polar surface area (TPSA) is 74.1 Å². The highest BCUT2D eigenvalue weighted by atomic mass is 32.2. The molecular weight excluding hydrogens is 487 g/mol. The van der Waals surface area contributed by atoms with E-state index < -0.39 is 11.1 Å². The zero-order valence-electron chi connectivity index (χ0n) is 20.6. The highest BCUT2D eigenvalue weighted by Crippen LogP contribution is 2.38. The molecule has 6 nitrogen and oxygen atoms in total. The van der Waals surface area contributed by atoms with Gasteiger partial charge in [0, 0.05) is 18.5 Å². The molecule has 2 heterocycles. The number of anilines is 1. The molecule has 0 saturated heterocycles. The van der Waals surface area contributed by atoms with E-state index in [0.29, 0.717) is 22.8 Å². The predicted octanol–water partition coefficient (Wildman–Crippen LogP) is 5.87. The van der Waals surface area contributed by atoms with Gasteiger partial charge in [-0.05, 0) is 47.7 Å². The molecule has 1 N–H and O–H groups in total. The number of hydrogen-bond acceptors (Lipinski definition) is 5. The number of aryl methyl sites for hydroxylation is 2. The van der Waals surface area contributed by atoms with Crippen LogP contribution in [-0.2, 0) is 16.0 Å². The Hall–Kier alpha value is -3.78. The lowest BCUT2D eigenvalue weighted by atomic mass is 9.97. The summed E-state index contributed by atoms with van der Waals surface area (Å²) in [5.41, 5.74) is 5.14. The van der Waals surface area contributed by atoms with Crippen molar-refractivity contribution in [2.75, 3.05) is 5.32 Å². The van der Waals surface area contributed by atoms with Crippen LogP contribution >= 0.6 is 11.8 Å². The molecule has 188 valence electrons. The standard InChI is InChI=1S/C29H27FN4O2S/c1-3-19-10-12-21(13-11-19)25-16-24(20-7-5-4-6-8-20)33-34(25)29-32-28(36)26(37-29)17-27(35)31-22-14-9-18(2)23(30)15-22/h4-15,25-26H,3,16-17H2,1-2H3,(H,31,35). The molecule has 0 bridgehead atoms. The van der Waals surface area contributed by atoms with E-state index in [1.807, 2.05) is 35.3 Å². The van der Waals surface area contributed by atoms with Gasteiger partial charge in [-0.2, -0.15) is 10.1 Å². The Labute approximate surface area is 219 Å². The van der Waals surface area contributed by atoms with Gasteiger partial charge in [-0.15, -0.1) is 0 Å². The number of benzene rings is 3. The van der Waals surface area contributed by atoms with E-state index in [2.05, 4.69) is 41.5 Å². The maximum atomic E-state index is 13.8. The minimum Gasteiger partial charge on any atom is -0.326 e. The number of aliphatic imine (C=N–C) groups is 1. The molecule has 8 heteroatoms. The molecule has 0 saturated carbocycles. The molecule has 37 heavy (non-hydrogen) atoms. The van der Waals surface area contributed by atoms with E-state index >= 15 is 0 Å². The van der Waals surface area contributed by atoms with Crippen LogP contribution in [0.25, 0.3) is 0 Å². The lowest BCUT2D eigenvalue weighted by Gasteiger charge is -2.23. The third kappa shape index (κ3) is 5.49. The number of nitrogens with zero attached hydrogens (tertiary/aromatic N) is 3. The van der Waals surface area contributed by atoms with Gasteiger partial charge in [-0.3, -0.25) is 9.59 Å². The fourth-order valence-electron chi connectivity index (χ4n) is 4.38. The van der Waals surface area contributed by atoms with Crippen molar-refractivity contribution >= 4 is 40.1 Å². The van der Waals surface area contributed by atoms with Crippen molar-refractivity contribution in [1.29, 1.82) is 0 Å². The van der Waals surface area contributed by atoms with Crippen LogP contribution in [0, 0.1) is 12.7 Å². The number of nitrogens with one attached hydrogen (secondary N) is 1. The number of hydrogen-bond donors (Lipinski definition) is 1. The fourth-order valence-corrected chi connectivity index (χ4v) is 5.44. The van der Waals surface area contributed by atoms with Gasteiger partial charge in [0.2, 0.25) is 5.91 Å². The average molecular weight is 515 g/mol. The van der Waals surface area contributed by atoms with E-state index in [9.17, 15) is 14.0 Å². The maximum Gasteiger partial charge on any atom is 0.262 e. The van der Waals surface area contributed by atoms with Gasteiger partial charge in [0.15, 0.2) is 5.17 Å². The molecule has 2 aliphatic rings. The monoisotopic (exact) mass is 514 g/mol. The molecule has 5 rings (SSSR count). The van der Waals surface area contributed by atoms with Crippen LogP contribution in [0.5, 0.6) is 0 Å². The van der Waals surface area contributed by atoms with E-state index in [1.165, 1.54) is 23.4 Å². The smallest absolute Gasteiger partial charge is 0.262 e. The Bertz CT molecular complexity index is 1390. The summed E-state index contributed by atoms with van der Waals surface area (Å²) in [6.07, 6.45) is 1.56. The lowest BCUT2D eigenvalue weighted by Crippen LogP contribution is -2.25. The van der Waals surface area contributed by atoms with Crippen LogP contribution in [0.1, 0.15) is 48.1 Å². The lowest BCUT2D eigenvalue weighted by molar-refractivity contribution is -0.121. The zero-order valence-corrected chi connectivity index (χ0v) is 21.5. The molecule has 2 unspecified atom stereocenters. The summed E-state index contributed by atoms with van der Waals surface area (Å²) in [7, 11) is 0. The minimum atomic E-state index is -0.663. The van der Waals surface area contributed by atoms with Crippen molar-refractivity contribution in [3.05, 3.63) is 101 Å². The molecule has 2 amide bonds. The normalized spacial score (nSPS) is 19.1. The number of amidine groups is 1. The summed E-state index contributed by atoms with van der Waals surface area (Å²) in [5, 5.41) is 9.20. The first-order chi connectivity index (χ1) is 17.9. The van der Waals surface area contributed by atoms with Gasteiger partial charge in [0.05, 0.1) is 11.8 Å². The first kappa shape index (κ1) is 24.9. The average Bonchev–Trinajstić information content (AvgIpc) is 3.51. The Kier molecular flexibility index (Phi) is 7.19. The highest BCUT2D eigenvalue weighted by molar-refractivity contribution is 8.15. The molecule has 0 aromatic heterocycles. The predicted molar refractivity (Wildman–Crippen MR) is 146 cm³/mol. The summed E-state index contributed by atoms with van der Waals surface area (Å²) < 4.78 is 13.8. The van der Waals surface area contributed by atoms with Crippen LogP contribution in [0.15, 0.2) is 82.9 Å². The summed E-state index contributed by atoms with van der Waals surface area (Å²) in [4.78, 5) is 29.7. The summed E-state index contributed by atoms with van der Waals surface area (Å²) >= 11 is 1.25. The number of hydrazone groups is 1. The van der Waals surface area contributed by atoms with E-state index in [1.54, 1.807) is 19.1 Å². The molecule has 2 atom stereocenters. The second kappa shape index (κ2) is 10.7. The SMILES string of the molecule is CCc1ccc(C2CC(c3ccccc3)=NN2C2=NC(=O)C(CC(=O)Nc3ccc(C)c(F)c3)S2)cc1. The summed E-state index contributed by atoms with van der Waals surface area (Å²) in [5.74, 6) is -1.13. The summed E-state index contributed by atoms with van der Waals surface area (Å²) in [6, 6.07) is 22.8. The third-order valence-electron chi connectivity index (χ3n) is 6.54. The van der Waals surface area contributed by atoms with Gasteiger partial charge in [-0.1, -0.05) is 79.3 Å². The van der Waals surface area contributed by atoms with Gasteiger partial charge in [0.25, 0.3) is 5.91 Å². The number of carbonyl (C=O) groups excluding carboxylic acids is 2. The largest absolute Gasteiger partial charge is 0.326 e. The molecule has 3 aromatic carbocycles. The van der Waals surface area contributed by atoms with Crippen molar-refractivity contribution in [1.82, 2.24) is 5.01 Å². The van der Waals surface area contributed by atoms with E-state index in [0.717, 1.165) is 23.3 Å². The second-order valence-electron chi connectivity index (χ2n) is 9.13. The van der Waals surface area contributed by atoms with Crippen LogP contribution in [-0.4, -0.2) is 33.0 Å². The number of halogens is 1. The number of carbonyl (C=O) groups is 2. The van der Waals surface area contributed by atoms with E-state index in [4.69, 9.17) is 5.10 Å². The van der Waals surface area contributed by atoms with Crippen LogP contribution in [0.2, 0.25) is 0 Å². The zero-order chi connectivity index (χ0) is 25.9. The van der Waals surface area contributed by atoms with Crippen molar-refractivity contribution in [3.63, 3.8) is 0 Å². The number of rotatable bonds is 6. The Morgan fingerprint density at radius 3 is 2.57 bits per heavy atom. The molecule has 0 radical (unpaired) electrons. The molecule has 0 fully saturated rings. The molecule has 0 spiro atoms.